The number of rotatable bonds is 6. The Kier molecular flexibility index (Phi) is 6.28. The molecular formula is C27H33N3O3. The number of amides is 4. The fraction of sp³-hybridized carbons (Fsp3) is 0.444. The van der Waals surface area contributed by atoms with Crippen molar-refractivity contribution >= 4 is 17.8 Å². The van der Waals surface area contributed by atoms with Gasteiger partial charge in [0.15, 0.2) is 0 Å². The topological polar surface area (TPSA) is 69.7 Å². The number of urea groups is 1. The summed E-state index contributed by atoms with van der Waals surface area (Å²) >= 11 is 0. The summed E-state index contributed by atoms with van der Waals surface area (Å²) in [6.07, 6.45) is 2.22. The maximum atomic E-state index is 13.5. The predicted molar refractivity (Wildman–Crippen MR) is 127 cm³/mol. The first-order valence-corrected chi connectivity index (χ1v) is 11.7. The number of carbonyl (C=O) groups excluding carboxylic acids is 3. The van der Waals surface area contributed by atoms with Crippen LogP contribution in [0.1, 0.15) is 51.2 Å². The van der Waals surface area contributed by atoms with Crippen LogP contribution in [0.3, 0.4) is 0 Å². The van der Waals surface area contributed by atoms with Crippen LogP contribution < -0.4 is 5.32 Å². The SMILES string of the molecule is C[C@H]1CC(C)(C)C[C@@]2(C1)NC(=O)N(CC(=O)N(Cc1ccccc1)Cc1ccccc1)C2=O. The van der Waals surface area contributed by atoms with Gasteiger partial charge in [-0.2, -0.15) is 0 Å². The summed E-state index contributed by atoms with van der Waals surface area (Å²) in [4.78, 5) is 42.6. The predicted octanol–water partition coefficient (Wildman–Crippen LogP) is 4.35. The molecule has 1 aliphatic heterocycles. The van der Waals surface area contributed by atoms with Crippen molar-refractivity contribution in [2.45, 2.75) is 58.7 Å². The molecule has 2 fully saturated rings. The maximum absolute atomic E-state index is 13.5. The summed E-state index contributed by atoms with van der Waals surface area (Å²) in [5.41, 5.74) is 1.05. The molecule has 4 amide bonds. The second-order valence-electron chi connectivity index (χ2n) is 10.5. The molecule has 1 aliphatic carbocycles. The van der Waals surface area contributed by atoms with Crippen LogP contribution in [0.2, 0.25) is 0 Å². The van der Waals surface area contributed by atoms with Gasteiger partial charge < -0.3 is 10.2 Å². The first-order valence-electron chi connectivity index (χ1n) is 11.7. The minimum absolute atomic E-state index is 0.0483. The molecule has 1 spiro atoms. The van der Waals surface area contributed by atoms with Crippen molar-refractivity contribution in [3.8, 4) is 0 Å². The molecule has 0 bridgehead atoms. The number of hydrogen-bond donors (Lipinski definition) is 1. The van der Waals surface area contributed by atoms with Gasteiger partial charge in [0.1, 0.15) is 12.1 Å². The van der Waals surface area contributed by atoms with Crippen LogP contribution in [-0.4, -0.2) is 39.7 Å². The van der Waals surface area contributed by atoms with Gasteiger partial charge in [0.25, 0.3) is 5.91 Å². The summed E-state index contributed by atoms with van der Waals surface area (Å²) in [5.74, 6) is -0.187. The first-order chi connectivity index (χ1) is 15.7. The summed E-state index contributed by atoms with van der Waals surface area (Å²) in [5, 5.41) is 2.97. The standard InChI is InChI=1S/C27H33N3O3/c1-20-14-26(2,3)19-27(15-20)24(32)30(25(33)28-27)18-23(31)29(16-21-10-6-4-7-11-21)17-22-12-8-5-9-13-22/h4-13,20H,14-19H2,1-3H3,(H,28,33)/t20-,27+/m0/s1. The fourth-order valence-corrected chi connectivity index (χ4v) is 5.72. The van der Waals surface area contributed by atoms with E-state index in [-0.39, 0.29) is 23.8 Å². The Morgan fingerprint density at radius 1 is 0.970 bits per heavy atom. The Morgan fingerprint density at radius 2 is 1.52 bits per heavy atom. The highest BCUT2D eigenvalue weighted by Gasteiger charge is 2.56. The van der Waals surface area contributed by atoms with Gasteiger partial charge in [-0.25, -0.2) is 4.79 Å². The minimum Gasteiger partial charge on any atom is -0.332 e. The Balaban J connectivity index is 1.53. The van der Waals surface area contributed by atoms with E-state index in [0.29, 0.717) is 31.8 Å². The second kappa shape index (κ2) is 9.00. The van der Waals surface area contributed by atoms with Crippen molar-refractivity contribution in [2.75, 3.05) is 6.54 Å². The largest absolute Gasteiger partial charge is 0.332 e. The number of nitrogens with zero attached hydrogens (tertiary/aromatic N) is 2. The number of carbonyl (C=O) groups is 3. The Bertz CT molecular complexity index is 980. The van der Waals surface area contributed by atoms with Crippen molar-refractivity contribution in [3.05, 3.63) is 71.8 Å². The van der Waals surface area contributed by atoms with Gasteiger partial charge >= 0.3 is 6.03 Å². The lowest BCUT2D eigenvalue weighted by Gasteiger charge is -2.43. The second-order valence-corrected chi connectivity index (χ2v) is 10.5. The van der Waals surface area contributed by atoms with Crippen LogP contribution in [0.25, 0.3) is 0 Å². The molecule has 0 unspecified atom stereocenters. The molecule has 6 heteroatoms. The molecule has 174 valence electrons. The first kappa shape index (κ1) is 23.0. The van der Waals surface area contributed by atoms with E-state index in [1.807, 2.05) is 60.7 Å². The van der Waals surface area contributed by atoms with Gasteiger partial charge in [0.05, 0.1) is 0 Å². The Morgan fingerprint density at radius 3 is 2.03 bits per heavy atom. The van der Waals surface area contributed by atoms with E-state index in [0.717, 1.165) is 22.4 Å². The monoisotopic (exact) mass is 447 g/mol. The number of hydrogen-bond acceptors (Lipinski definition) is 3. The Hall–Kier alpha value is -3.15. The van der Waals surface area contributed by atoms with E-state index in [9.17, 15) is 14.4 Å². The van der Waals surface area contributed by atoms with Gasteiger partial charge in [0.2, 0.25) is 5.91 Å². The lowest BCUT2D eigenvalue weighted by atomic mass is 9.64. The van der Waals surface area contributed by atoms with Crippen LogP contribution in [0.4, 0.5) is 4.79 Å². The highest BCUT2D eigenvalue weighted by molar-refractivity contribution is 6.09. The molecule has 1 heterocycles. The van der Waals surface area contributed by atoms with Crippen molar-refractivity contribution in [1.29, 1.82) is 0 Å². The highest BCUT2D eigenvalue weighted by atomic mass is 16.2. The highest BCUT2D eigenvalue weighted by Crippen LogP contribution is 2.46. The normalized spacial score (nSPS) is 24.1. The fourth-order valence-electron chi connectivity index (χ4n) is 5.72. The molecule has 2 aromatic carbocycles. The number of imide groups is 1. The zero-order valence-corrected chi connectivity index (χ0v) is 19.7. The maximum Gasteiger partial charge on any atom is 0.325 e. The number of nitrogens with one attached hydrogen (secondary N) is 1. The molecule has 33 heavy (non-hydrogen) atoms. The van der Waals surface area contributed by atoms with Crippen LogP contribution in [0, 0.1) is 11.3 Å². The van der Waals surface area contributed by atoms with Crippen molar-refractivity contribution in [1.82, 2.24) is 15.1 Å². The van der Waals surface area contributed by atoms with E-state index < -0.39 is 11.6 Å². The van der Waals surface area contributed by atoms with Crippen molar-refractivity contribution in [3.63, 3.8) is 0 Å². The van der Waals surface area contributed by atoms with Crippen LogP contribution >= 0.6 is 0 Å². The van der Waals surface area contributed by atoms with Crippen molar-refractivity contribution < 1.29 is 14.4 Å². The summed E-state index contributed by atoms with van der Waals surface area (Å²) < 4.78 is 0. The molecule has 1 N–H and O–H groups in total. The molecule has 4 rings (SSSR count). The van der Waals surface area contributed by atoms with E-state index >= 15 is 0 Å². The molecule has 1 saturated heterocycles. The van der Waals surface area contributed by atoms with Gasteiger partial charge in [0, 0.05) is 13.1 Å². The van der Waals surface area contributed by atoms with Crippen LogP contribution in [-0.2, 0) is 22.7 Å². The molecule has 0 radical (unpaired) electrons. The third kappa shape index (κ3) is 5.10. The lowest BCUT2D eigenvalue weighted by Crippen LogP contribution is -2.54. The van der Waals surface area contributed by atoms with E-state index in [4.69, 9.17) is 0 Å². The van der Waals surface area contributed by atoms with Gasteiger partial charge in [-0.3, -0.25) is 14.5 Å². The number of benzene rings is 2. The molecule has 2 atom stereocenters. The van der Waals surface area contributed by atoms with Crippen LogP contribution in [0.15, 0.2) is 60.7 Å². The molecular weight excluding hydrogens is 414 g/mol. The summed E-state index contributed by atoms with van der Waals surface area (Å²) in [7, 11) is 0. The third-order valence-electron chi connectivity index (χ3n) is 6.70. The zero-order valence-electron chi connectivity index (χ0n) is 19.7. The van der Waals surface area contributed by atoms with Gasteiger partial charge in [-0.1, -0.05) is 81.4 Å². The zero-order chi connectivity index (χ0) is 23.6. The van der Waals surface area contributed by atoms with E-state index in [1.54, 1.807) is 4.90 Å². The van der Waals surface area contributed by atoms with Crippen LogP contribution in [0.5, 0.6) is 0 Å². The molecule has 0 aromatic heterocycles. The lowest BCUT2D eigenvalue weighted by molar-refractivity contribution is -0.141. The molecule has 1 saturated carbocycles. The van der Waals surface area contributed by atoms with E-state index in [2.05, 4.69) is 26.1 Å². The van der Waals surface area contributed by atoms with Crippen molar-refractivity contribution in [2.24, 2.45) is 11.3 Å². The summed E-state index contributed by atoms with van der Waals surface area (Å²) in [6.45, 7) is 6.97. The van der Waals surface area contributed by atoms with E-state index in [1.165, 1.54) is 0 Å². The minimum atomic E-state index is -0.901. The quantitative estimate of drug-likeness (QED) is 0.669. The van der Waals surface area contributed by atoms with Gasteiger partial charge in [-0.05, 0) is 41.7 Å². The molecule has 2 aromatic rings. The molecule has 6 nitrogen and oxygen atoms in total. The van der Waals surface area contributed by atoms with Gasteiger partial charge in [-0.15, -0.1) is 0 Å². The average Bonchev–Trinajstić information content (AvgIpc) is 2.96. The Labute approximate surface area is 196 Å². The summed E-state index contributed by atoms with van der Waals surface area (Å²) in [6, 6.07) is 19.1. The molecule has 2 aliphatic rings. The smallest absolute Gasteiger partial charge is 0.325 e. The third-order valence-corrected chi connectivity index (χ3v) is 6.70. The average molecular weight is 448 g/mol.